The molecule has 1 N–H and O–H groups in total. The van der Waals surface area contributed by atoms with Crippen molar-refractivity contribution >= 4 is 46.9 Å². The van der Waals surface area contributed by atoms with Gasteiger partial charge in [0.05, 0.1) is 18.8 Å². The number of carbonyl (C=O) groups excluding carboxylic acids is 3. The first-order valence-corrected chi connectivity index (χ1v) is 9.84. The fraction of sp³-hybridized carbons (Fsp3) is 0.0435. The van der Waals surface area contributed by atoms with Crippen molar-refractivity contribution in [2.75, 3.05) is 12.0 Å². The summed E-state index contributed by atoms with van der Waals surface area (Å²) in [6, 6.07) is 16.2. The lowest BCUT2D eigenvalue weighted by atomic mass is 10.1. The number of hydrogen-bond acceptors (Lipinski definition) is 6. The maximum absolute atomic E-state index is 13.2. The number of carboxylic acid groups (broad SMARTS) is 1. The van der Waals surface area contributed by atoms with Crippen LogP contribution in [0.5, 0.6) is 5.75 Å². The van der Waals surface area contributed by atoms with Gasteiger partial charge in [0, 0.05) is 17.6 Å². The average Bonchev–Trinajstić information content (AvgIpc) is 3.25. The number of methoxy groups -OCH3 is 1. The van der Waals surface area contributed by atoms with E-state index in [0.29, 0.717) is 22.8 Å². The van der Waals surface area contributed by atoms with Gasteiger partial charge in [0.2, 0.25) is 0 Å². The fourth-order valence-corrected chi connectivity index (χ4v) is 3.56. The molecular formula is C23H16N3O5S-. The lowest BCUT2D eigenvalue weighted by Gasteiger charge is -2.29. The predicted molar refractivity (Wildman–Crippen MR) is 119 cm³/mol. The molecule has 0 bridgehead atoms. The van der Waals surface area contributed by atoms with Gasteiger partial charge < -0.3 is 19.2 Å². The van der Waals surface area contributed by atoms with Gasteiger partial charge in [-0.3, -0.25) is 19.8 Å². The quantitative estimate of drug-likeness (QED) is 0.363. The van der Waals surface area contributed by atoms with Crippen molar-refractivity contribution in [1.29, 1.82) is 0 Å². The van der Waals surface area contributed by atoms with E-state index in [1.807, 2.05) is 0 Å². The molecule has 8 nitrogen and oxygen atoms in total. The van der Waals surface area contributed by atoms with Crippen molar-refractivity contribution in [3.05, 3.63) is 83.7 Å². The van der Waals surface area contributed by atoms with Gasteiger partial charge in [0.1, 0.15) is 11.3 Å². The van der Waals surface area contributed by atoms with Crippen molar-refractivity contribution in [3.8, 4) is 11.4 Å². The normalized spacial score (nSPS) is 15.1. The molecule has 0 unspecified atom stereocenters. The van der Waals surface area contributed by atoms with E-state index in [9.17, 15) is 19.5 Å². The minimum absolute atomic E-state index is 0.0180. The van der Waals surface area contributed by atoms with Crippen molar-refractivity contribution in [1.82, 2.24) is 9.88 Å². The molecule has 0 aliphatic carbocycles. The van der Waals surface area contributed by atoms with Gasteiger partial charge in [-0.2, -0.15) is 0 Å². The van der Waals surface area contributed by atoms with Crippen LogP contribution < -0.4 is 20.1 Å². The standard InChI is InChI=1S/C23H17N3O5S/c1-31-18-10-8-16(9-11-18)26-21(28)19(20(27)24-23(26)32)13-17-3-2-12-25(17)15-6-4-14(5-7-15)22(29)30/h2-13H,1H3,(H,29,30)(H,24,27,32)/p-1/b19-13-. The Balaban J connectivity index is 1.70. The van der Waals surface area contributed by atoms with Crippen LogP contribution in [0.4, 0.5) is 5.69 Å². The summed E-state index contributed by atoms with van der Waals surface area (Å²) in [5, 5.41) is 13.5. The largest absolute Gasteiger partial charge is 0.545 e. The smallest absolute Gasteiger partial charge is 0.270 e. The Kier molecular flexibility index (Phi) is 5.57. The number of amides is 2. The molecule has 0 spiro atoms. The second-order valence-corrected chi connectivity index (χ2v) is 7.18. The van der Waals surface area contributed by atoms with E-state index in [0.717, 1.165) is 0 Å². The van der Waals surface area contributed by atoms with Gasteiger partial charge in [0.25, 0.3) is 11.8 Å². The summed E-state index contributed by atoms with van der Waals surface area (Å²) < 4.78 is 6.86. The van der Waals surface area contributed by atoms with Crippen LogP contribution in [0, 0.1) is 0 Å². The zero-order chi connectivity index (χ0) is 22.8. The summed E-state index contributed by atoms with van der Waals surface area (Å²) in [6.45, 7) is 0. The Labute approximate surface area is 188 Å². The van der Waals surface area contributed by atoms with E-state index in [-0.39, 0.29) is 16.2 Å². The number of anilines is 1. The third kappa shape index (κ3) is 3.88. The molecule has 1 aromatic heterocycles. The summed E-state index contributed by atoms with van der Waals surface area (Å²) in [5.74, 6) is -1.83. The highest BCUT2D eigenvalue weighted by molar-refractivity contribution is 7.80. The Bertz CT molecular complexity index is 1260. The van der Waals surface area contributed by atoms with E-state index in [1.54, 1.807) is 59.3 Å². The SMILES string of the molecule is COc1ccc(N2C(=O)/C(=C\c3cccn3-c3ccc(C(=O)[O-])cc3)C(=O)NC2=S)cc1. The molecule has 9 heteroatoms. The second-order valence-electron chi connectivity index (χ2n) is 6.79. The maximum atomic E-state index is 13.2. The van der Waals surface area contributed by atoms with Crippen LogP contribution in [0.1, 0.15) is 16.1 Å². The first-order chi connectivity index (χ1) is 15.4. The van der Waals surface area contributed by atoms with E-state index in [4.69, 9.17) is 17.0 Å². The van der Waals surface area contributed by atoms with Gasteiger partial charge >= 0.3 is 0 Å². The number of ether oxygens (including phenoxy) is 1. The van der Waals surface area contributed by atoms with E-state index >= 15 is 0 Å². The number of benzene rings is 2. The number of rotatable bonds is 5. The lowest BCUT2D eigenvalue weighted by molar-refractivity contribution is -0.255. The molecule has 4 rings (SSSR count). The molecule has 3 aromatic rings. The van der Waals surface area contributed by atoms with Crippen LogP contribution in [-0.2, 0) is 9.59 Å². The fourth-order valence-electron chi connectivity index (χ4n) is 3.28. The zero-order valence-corrected chi connectivity index (χ0v) is 17.6. The molecule has 2 amide bonds. The van der Waals surface area contributed by atoms with Crippen LogP contribution in [0.15, 0.2) is 72.4 Å². The first-order valence-electron chi connectivity index (χ1n) is 9.43. The van der Waals surface area contributed by atoms with Crippen molar-refractivity contribution < 1.29 is 24.2 Å². The highest BCUT2D eigenvalue weighted by atomic mass is 32.1. The Morgan fingerprint density at radius 1 is 1.03 bits per heavy atom. The van der Waals surface area contributed by atoms with Gasteiger partial charge in [-0.05, 0) is 72.4 Å². The minimum Gasteiger partial charge on any atom is -0.545 e. The van der Waals surface area contributed by atoms with Crippen molar-refractivity contribution in [2.45, 2.75) is 0 Å². The second kappa shape index (κ2) is 8.48. The topological polar surface area (TPSA) is 104 Å². The number of carboxylic acids is 1. The van der Waals surface area contributed by atoms with Gasteiger partial charge in [-0.15, -0.1) is 0 Å². The summed E-state index contributed by atoms with van der Waals surface area (Å²) in [6.07, 6.45) is 3.19. The summed E-state index contributed by atoms with van der Waals surface area (Å²) in [7, 11) is 1.54. The minimum atomic E-state index is -1.27. The Morgan fingerprint density at radius 2 is 1.69 bits per heavy atom. The molecule has 160 valence electrons. The molecular weight excluding hydrogens is 430 g/mol. The molecule has 1 fully saturated rings. The van der Waals surface area contributed by atoms with E-state index in [1.165, 1.54) is 30.2 Å². The number of thiocarbonyl (C=S) groups is 1. The Morgan fingerprint density at radius 3 is 2.31 bits per heavy atom. The Hall–Kier alpha value is -4.24. The monoisotopic (exact) mass is 446 g/mol. The van der Waals surface area contributed by atoms with E-state index in [2.05, 4.69) is 5.32 Å². The molecule has 2 heterocycles. The number of nitrogens with zero attached hydrogens (tertiary/aromatic N) is 2. The average molecular weight is 446 g/mol. The van der Waals surface area contributed by atoms with Gasteiger partial charge in [-0.1, -0.05) is 12.1 Å². The number of nitrogens with one attached hydrogen (secondary N) is 1. The highest BCUT2D eigenvalue weighted by Gasteiger charge is 2.34. The number of hydrogen-bond donors (Lipinski definition) is 1. The molecule has 2 aromatic carbocycles. The molecule has 0 radical (unpaired) electrons. The summed E-state index contributed by atoms with van der Waals surface area (Å²) in [5.41, 5.74) is 1.64. The highest BCUT2D eigenvalue weighted by Crippen LogP contribution is 2.25. The molecule has 32 heavy (non-hydrogen) atoms. The van der Waals surface area contributed by atoms with E-state index < -0.39 is 17.8 Å². The number of aromatic nitrogens is 1. The van der Waals surface area contributed by atoms with Crippen LogP contribution in [0.3, 0.4) is 0 Å². The molecule has 1 aliphatic heterocycles. The molecule has 0 saturated carbocycles. The summed E-state index contributed by atoms with van der Waals surface area (Å²) in [4.78, 5) is 38.0. The number of aromatic carboxylic acids is 1. The van der Waals surface area contributed by atoms with Gasteiger partial charge in [-0.25, -0.2) is 0 Å². The van der Waals surface area contributed by atoms with Crippen molar-refractivity contribution in [3.63, 3.8) is 0 Å². The van der Waals surface area contributed by atoms with Crippen LogP contribution in [0.2, 0.25) is 0 Å². The molecule has 1 aliphatic rings. The maximum Gasteiger partial charge on any atom is 0.270 e. The number of carbonyl (C=O) groups is 3. The van der Waals surface area contributed by atoms with Crippen LogP contribution in [-0.4, -0.2) is 34.6 Å². The third-order valence-electron chi connectivity index (χ3n) is 4.89. The summed E-state index contributed by atoms with van der Waals surface area (Å²) >= 11 is 5.22. The molecule has 1 saturated heterocycles. The predicted octanol–water partition coefficient (Wildman–Crippen LogP) is 1.68. The zero-order valence-electron chi connectivity index (χ0n) is 16.8. The van der Waals surface area contributed by atoms with Crippen molar-refractivity contribution in [2.24, 2.45) is 0 Å². The third-order valence-corrected chi connectivity index (χ3v) is 5.17. The van der Waals surface area contributed by atoms with Crippen LogP contribution in [0.25, 0.3) is 11.8 Å². The first kappa shape index (κ1) is 21.0. The molecule has 0 atom stereocenters. The lowest BCUT2D eigenvalue weighted by Crippen LogP contribution is -2.54. The van der Waals surface area contributed by atoms with Gasteiger partial charge in [0.15, 0.2) is 5.11 Å². The van der Waals surface area contributed by atoms with Crippen LogP contribution >= 0.6 is 12.2 Å².